The summed E-state index contributed by atoms with van der Waals surface area (Å²) >= 11 is 1.57. The van der Waals surface area contributed by atoms with Gasteiger partial charge in [0.1, 0.15) is 5.69 Å². The number of hydrogen-bond donors (Lipinski definition) is 1. The second kappa shape index (κ2) is 4.17. The van der Waals surface area contributed by atoms with Crippen LogP contribution in [0.5, 0.6) is 0 Å². The number of imidazole rings is 1. The van der Waals surface area contributed by atoms with Gasteiger partial charge in [-0.2, -0.15) is 0 Å². The van der Waals surface area contributed by atoms with Gasteiger partial charge in [-0.3, -0.25) is 0 Å². The van der Waals surface area contributed by atoms with Crippen molar-refractivity contribution < 1.29 is 0 Å². The number of para-hydroxylation sites is 2. The molecule has 0 saturated carbocycles. The summed E-state index contributed by atoms with van der Waals surface area (Å²) in [5, 5.41) is 1.98. The van der Waals surface area contributed by atoms with Crippen molar-refractivity contribution in [2.75, 3.05) is 0 Å². The Morgan fingerprint density at radius 1 is 1.20 bits per heavy atom. The van der Waals surface area contributed by atoms with Gasteiger partial charge in [0.05, 0.1) is 16.5 Å². The van der Waals surface area contributed by atoms with Crippen molar-refractivity contribution in [2.24, 2.45) is 0 Å². The zero-order chi connectivity index (χ0) is 9.38. The van der Waals surface area contributed by atoms with Gasteiger partial charge in [-0.25, -0.2) is 9.97 Å². The van der Waals surface area contributed by atoms with Gasteiger partial charge < -0.3 is 4.98 Å². The first-order valence-electron chi connectivity index (χ1n) is 4.27. The van der Waals surface area contributed by atoms with Gasteiger partial charge in [0.25, 0.3) is 0 Å². The molecule has 0 saturated heterocycles. The number of benzene rings is 1. The molecule has 76 valence electrons. The number of H-pyrrole nitrogens is 1. The Morgan fingerprint density at radius 3 is 2.80 bits per heavy atom. The van der Waals surface area contributed by atoms with Gasteiger partial charge in [0, 0.05) is 5.38 Å². The van der Waals surface area contributed by atoms with E-state index in [1.54, 1.807) is 11.3 Å². The molecule has 3 aromatic rings. The molecule has 0 aliphatic carbocycles. The monoisotopic (exact) mass is 279 g/mol. The Hall–Kier alpha value is -1.12. The van der Waals surface area contributed by atoms with E-state index in [1.165, 1.54) is 0 Å². The largest absolute Gasteiger partial charge is 0.337 e. The van der Waals surface area contributed by atoms with Crippen LogP contribution in [0.4, 0.5) is 0 Å². The van der Waals surface area contributed by atoms with Crippen LogP contribution in [-0.2, 0) is 0 Å². The van der Waals surface area contributed by atoms with E-state index in [2.05, 4.69) is 15.0 Å². The maximum atomic E-state index is 4.44. The summed E-state index contributed by atoms with van der Waals surface area (Å²) < 4.78 is 0. The molecule has 1 aromatic carbocycles. The minimum absolute atomic E-state index is 0. The Kier molecular flexibility index (Phi) is 2.89. The predicted octanol–water partition coefficient (Wildman–Crippen LogP) is 1.50. The fourth-order valence-electron chi connectivity index (χ4n) is 1.40. The van der Waals surface area contributed by atoms with Gasteiger partial charge in [-0.1, -0.05) is 12.1 Å². The number of thiazole rings is 1. The zero-order valence-electron chi connectivity index (χ0n) is 7.97. The Bertz CT molecular complexity index is 526. The maximum absolute atomic E-state index is 4.44. The second-order valence-corrected chi connectivity index (χ2v) is 3.69. The molecule has 2 aromatic heterocycles. The minimum Gasteiger partial charge on any atom is -0.337 e. The molecule has 0 fully saturated rings. The number of aromatic amines is 1. The number of fused-ring (bicyclic) bond motifs is 1. The van der Waals surface area contributed by atoms with Crippen molar-refractivity contribution in [3.8, 4) is 11.5 Å². The van der Waals surface area contributed by atoms with Crippen LogP contribution in [0, 0.1) is 0 Å². The molecular formula is C10H10AsN3S. The Balaban J connectivity index is 0.000000853. The number of nitrogens with one attached hydrogen (secondary N) is 1. The quantitative estimate of drug-likeness (QED) is 0.686. The summed E-state index contributed by atoms with van der Waals surface area (Å²) in [6, 6.07) is 7.97. The van der Waals surface area contributed by atoms with Crippen molar-refractivity contribution in [2.45, 2.75) is 0 Å². The van der Waals surface area contributed by atoms with E-state index in [4.69, 9.17) is 0 Å². The molecule has 0 aliphatic heterocycles. The van der Waals surface area contributed by atoms with E-state index in [9.17, 15) is 0 Å². The first-order chi connectivity index (χ1) is 6.93. The molecule has 0 aliphatic rings. The van der Waals surface area contributed by atoms with Crippen molar-refractivity contribution >= 4 is 40.3 Å². The van der Waals surface area contributed by atoms with Crippen molar-refractivity contribution in [1.29, 1.82) is 0 Å². The van der Waals surface area contributed by atoms with Crippen LogP contribution in [-0.4, -0.2) is 32.9 Å². The van der Waals surface area contributed by atoms with E-state index >= 15 is 0 Å². The molecular weight excluding hydrogens is 269 g/mol. The molecule has 0 amide bonds. The standard InChI is InChI=1S/C10H7N3S.AsH3/c1-2-4-8-7(3-1)12-10(13-8)9-5-14-6-11-9;/h1-6H,(H,12,13);1H3. The molecule has 15 heavy (non-hydrogen) atoms. The van der Waals surface area contributed by atoms with Crippen LogP contribution in [0.15, 0.2) is 35.2 Å². The first-order valence-corrected chi connectivity index (χ1v) is 5.21. The van der Waals surface area contributed by atoms with Crippen LogP contribution >= 0.6 is 11.3 Å². The SMILES string of the molecule is [AsH3].c1ccc2[nH]c(-c3cscn3)nc2c1. The molecule has 0 spiro atoms. The van der Waals surface area contributed by atoms with Crippen molar-refractivity contribution in [1.82, 2.24) is 15.0 Å². The van der Waals surface area contributed by atoms with Crippen LogP contribution in [0.25, 0.3) is 22.6 Å². The van der Waals surface area contributed by atoms with Gasteiger partial charge in [0.2, 0.25) is 0 Å². The first kappa shape index (κ1) is 10.4. The molecule has 5 heteroatoms. The van der Waals surface area contributed by atoms with E-state index < -0.39 is 0 Å². The summed E-state index contributed by atoms with van der Waals surface area (Å²) in [4.78, 5) is 11.9. The van der Waals surface area contributed by atoms with E-state index in [-0.39, 0.29) is 18.0 Å². The number of rotatable bonds is 1. The summed E-state index contributed by atoms with van der Waals surface area (Å²) in [6.45, 7) is 0. The average Bonchev–Trinajstić information content (AvgIpc) is 2.86. The Labute approximate surface area is 102 Å². The third kappa shape index (κ3) is 1.83. The van der Waals surface area contributed by atoms with Crippen LogP contribution in [0.2, 0.25) is 0 Å². The van der Waals surface area contributed by atoms with Gasteiger partial charge in [-0.05, 0) is 12.1 Å². The molecule has 0 bridgehead atoms. The van der Waals surface area contributed by atoms with Crippen molar-refractivity contribution in [3.63, 3.8) is 0 Å². The van der Waals surface area contributed by atoms with Gasteiger partial charge in [-0.15, -0.1) is 11.3 Å². The number of nitrogens with zero attached hydrogens (tertiary/aromatic N) is 2. The summed E-state index contributed by atoms with van der Waals surface area (Å²) in [5.41, 5.74) is 4.75. The minimum atomic E-state index is 0. The predicted molar refractivity (Wildman–Crippen MR) is 67.1 cm³/mol. The van der Waals surface area contributed by atoms with Crippen LogP contribution < -0.4 is 0 Å². The third-order valence-electron chi connectivity index (χ3n) is 2.06. The van der Waals surface area contributed by atoms with Gasteiger partial charge in [0.15, 0.2) is 5.82 Å². The van der Waals surface area contributed by atoms with Gasteiger partial charge >= 0.3 is 18.0 Å². The molecule has 3 nitrogen and oxygen atoms in total. The summed E-state index contributed by atoms with van der Waals surface area (Å²) in [7, 11) is 0. The number of hydrogen-bond acceptors (Lipinski definition) is 3. The van der Waals surface area contributed by atoms with Crippen LogP contribution in [0.3, 0.4) is 0 Å². The number of aromatic nitrogens is 3. The van der Waals surface area contributed by atoms with E-state index in [1.807, 2.05) is 35.2 Å². The molecule has 1 N–H and O–H groups in total. The molecule has 3 rings (SSSR count). The molecule has 1 atom stereocenters. The molecule has 1 unspecified atom stereocenters. The summed E-state index contributed by atoms with van der Waals surface area (Å²) in [6.07, 6.45) is 0. The Morgan fingerprint density at radius 2 is 2.07 bits per heavy atom. The topological polar surface area (TPSA) is 41.6 Å². The van der Waals surface area contributed by atoms with Crippen molar-refractivity contribution in [3.05, 3.63) is 35.2 Å². The second-order valence-electron chi connectivity index (χ2n) is 2.98. The fourth-order valence-corrected chi connectivity index (χ4v) is 1.94. The fraction of sp³-hybridized carbons (Fsp3) is 0. The molecule has 2 heterocycles. The van der Waals surface area contributed by atoms with E-state index in [0.717, 1.165) is 22.6 Å². The summed E-state index contributed by atoms with van der Waals surface area (Å²) in [5.74, 6) is 0.840. The smallest absolute Gasteiger partial charge is 0.158 e. The normalized spacial score (nSPS) is 10.1. The zero-order valence-corrected chi connectivity index (χ0v) is 11.8. The van der Waals surface area contributed by atoms with E-state index in [0.29, 0.717) is 0 Å². The average molecular weight is 279 g/mol. The molecule has 0 radical (unpaired) electrons. The van der Waals surface area contributed by atoms with Crippen LogP contribution in [0.1, 0.15) is 0 Å². The maximum Gasteiger partial charge on any atom is 0.158 e. The third-order valence-corrected chi connectivity index (χ3v) is 2.65.